The Morgan fingerprint density at radius 2 is 2.10 bits per heavy atom. The Balaban J connectivity index is 2.37. The maximum absolute atomic E-state index is 13.0. The number of benzene rings is 1. The van der Waals surface area contributed by atoms with E-state index in [4.69, 9.17) is 15.2 Å². The average molecular weight is 292 g/mol. The summed E-state index contributed by atoms with van der Waals surface area (Å²) >= 11 is 0. The summed E-state index contributed by atoms with van der Waals surface area (Å²) in [4.78, 5) is 14.9. The molecule has 5 nitrogen and oxygen atoms in total. The predicted octanol–water partition coefficient (Wildman–Crippen LogP) is 2.05. The molecule has 0 radical (unpaired) electrons. The molecule has 0 aromatic heterocycles. The van der Waals surface area contributed by atoms with E-state index in [1.807, 2.05) is 4.90 Å². The fraction of sp³-hybridized carbons (Fsp3) is 0.562. The van der Waals surface area contributed by atoms with Gasteiger partial charge in [0.25, 0.3) is 5.91 Å². The number of ether oxygens (including phenoxy) is 2. The molecule has 116 valence electrons. The first-order chi connectivity index (χ1) is 10.1. The second-order valence-electron chi connectivity index (χ2n) is 5.45. The molecule has 1 aromatic rings. The number of nitrogens with two attached hydrogens (primary N) is 1. The molecule has 1 fully saturated rings. The van der Waals surface area contributed by atoms with E-state index in [1.54, 1.807) is 32.4 Å². The van der Waals surface area contributed by atoms with Crippen molar-refractivity contribution in [2.45, 2.75) is 38.3 Å². The molecule has 1 aromatic carbocycles. The Labute approximate surface area is 126 Å². The number of methoxy groups -OCH3 is 2. The van der Waals surface area contributed by atoms with Gasteiger partial charge in [-0.1, -0.05) is 0 Å². The number of rotatable bonds is 4. The van der Waals surface area contributed by atoms with Crippen LogP contribution in [0.25, 0.3) is 0 Å². The van der Waals surface area contributed by atoms with Crippen LogP contribution in [0.1, 0.15) is 36.5 Å². The number of likely N-dealkylation sites (tertiary alicyclic amines) is 1. The fourth-order valence-corrected chi connectivity index (χ4v) is 3.00. The number of carbonyl (C=O) groups excluding carboxylic acids is 1. The van der Waals surface area contributed by atoms with Gasteiger partial charge in [0.2, 0.25) is 0 Å². The van der Waals surface area contributed by atoms with E-state index in [1.165, 1.54) is 0 Å². The van der Waals surface area contributed by atoms with Gasteiger partial charge in [-0.15, -0.1) is 0 Å². The summed E-state index contributed by atoms with van der Waals surface area (Å²) in [6.07, 6.45) is 3.08. The first kappa shape index (κ1) is 15.6. The first-order valence-electron chi connectivity index (χ1n) is 7.37. The summed E-state index contributed by atoms with van der Waals surface area (Å²) in [5, 5.41) is 0. The number of amides is 1. The minimum Gasteiger partial charge on any atom is -0.497 e. The molecule has 0 bridgehead atoms. The molecule has 1 amide bonds. The molecule has 0 aliphatic carbocycles. The van der Waals surface area contributed by atoms with Gasteiger partial charge in [-0.3, -0.25) is 4.79 Å². The Kier molecular flexibility index (Phi) is 5.07. The smallest absolute Gasteiger partial charge is 0.258 e. The van der Waals surface area contributed by atoms with E-state index in [-0.39, 0.29) is 18.0 Å². The first-order valence-corrected chi connectivity index (χ1v) is 7.37. The van der Waals surface area contributed by atoms with Crippen LogP contribution in [0, 0.1) is 0 Å². The highest BCUT2D eigenvalue weighted by atomic mass is 16.5. The van der Waals surface area contributed by atoms with Crippen molar-refractivity contribution in [3.63, 3.8) is 0 Å². The van der Waals surface area contributed by atoms with Gasteiger partial charge in [0.1, 0.15) is 11.5 Å². The minimum atomic E-state index is -0.0339. The van der Waals surface area contributed by atoms with Crippen molar-refractivity contribution in [3.8, 4) is 11.5 Å². The minimum absolute atomic E-state index is 0.0339. The topological polar surface area (TPSA) is 64.8 Å². The predicted molar refractivity (Wildman–Crippen MR) is 81.9 cm³/mol. The van der Waals surface area contributed by atoms with E-state index in [0.29, 0.717) is 23.6 Å². The monoisotopic (exact) mass is 292 g/mol. The van der Waals surface area contributed by atoms with Gasteiger partial charge in [-0.2, -0.15) is 0 Å². The zero-order chi connectivity index (χ0) is 15.4. The highest BCUT2D eigenvalue weighted by Crippen LogP contribution is 2.30. The molecule has 2 atom stereocenters. The van der Waals surface area contributed by atoms with Crippen molar-refractivity contribution in [1.29, 1.82) is 0 Å². The molecular formula is C16H24N2O3. The van der Waals surface area contributed by atoms with Crippen LogP contribution in [0.2, 0.25) is 0 Å². The maximum Gasteiger partial charge on any atom is 0.258 e. The molecule has 1 aliphatic rings. The van der Waals surface area contributed by atoms with Gasteiger partial charge in [0.05, 0.1) is 19.8 Å². The van der Waals surface area contributed by atoms with Crippen molar-refractivity contribution in [1.82, 2.24) is 4.90 Å². The molecule has 0 spiro atoms. The molecule has 0 saturated carbocycles. The molecule has 5 heteroatoms. The third-order valence-corrected chi connectivity index (χ3v) is 4.17. The summed E-state index contributed by atoms with van der Waals surface area (Å²) in [6.45, 7) is 2.56. The lowest BCUT2D eigenvalue weighted by Crippen LogP contribution is -2.51. The average Bonchev–Trinajstić information content (AvgIpc) is 2.53. The van der Waals surface area contributed by atoms with E-state index in [9.17, 15) is 4.79 Å². The van der Waals surface area contributed by atoms with Gasteiger partial charge < -0.3 is 20.1 Å². The molecular weight excluding hydrogens is 268 g/mol. The normalized spacial score (nSPS) is 22.0. The third-order valence-electron chi connectivity index (χ3n) is 4.17. The number of nitrogens with zero attached hydrogens (tertiary/aromatic N) is 1. The highest BCUT2D eigenvalue weighted by Gasteiger charge is 2.32. The molecule has 1 aliphatic heterocycles. The number of hydrogen-bond acceptors (Lipinski definition) is 4. The van der Waals surface area contributed by atoms with Crippen LogP contribution >= 0.6 is 0 Å². The summed E-state index contributed by atoms with van der Waals surface area (Å²) in [5.41, 5.74) is 6.38. The molecule has 2 N–H and O–H groups in total. The largest absolute Gasteiger partial charge is 0.497 e. The van der Waals surface area contributed by atoms with Crippen LogP contribution in [0.4, 0.5) is 0 Å². The maximum atomic E-state index is 13.0. The van der Waals surface area contributed by atoms with E-state index >= 15 is 0 Å². The SMILES string of the molecule is COc1ccc(OC)c(C(=O)N2C(C)CCCC2CN)c1. The lowest BCUT2D eigenvalue weighted by molar-refractivity contribution is 0.0490. The molecule has 2 rings (SSSR count). The molecule has 1 saturated heterocycles. The van der Waals surface area contributed by atoms with Gasteiger partial charge in [-0.05, 0) is 44.4 Å². The summed E-state index contributed by atoms with van der Waals surface area (Å²) in [6, 6.07) is 5.57. The Hall–Kier alpha value is -1.75. The molecule has 21 heavy (non-hydrogen) atoms. The van der Waals surface area contributed by atoms with Gasteiger partial charge in [0.15, 0.2) is 0 Å². The van der Waals surface area contributed by atoms with Crippen molar-refractivity contribution >= 4 is 5.91 Å². The highest BCUT2D eigenvalue weighted by molar-refractivity contribution is 5.97. The van der Waals surface area contributed by atoms with E-state index in [2.05, 4.69) is 6.92 Å². The summed E-state index contributed by atoms with van der Waals surface area (Å²) in [5.74, 6) is 1.18. The van der Waals surface area contributed by atoms with Gasteiger partial charge in [0, 0.05) is 18.6 Å². The second kappa shape index (κ2) is 6.80. The third kappa shape index (κ3) is 3.13. The zero-order valence-electron chi connectivity index (χ0n) is 13.0. The number of hydrogen-bond donors (Lipinski definition) is 1. The Morgan fingerprint density at radius 1 is 1.33 bits per heavy atom. The zero-order valence-corrected chi connectivity index (χ0v) is 13.0. The van der Waals surface area contributed by atoms with Crippen LogP contribution in [-0.4, -0.2) is 43.7 Å². The molecule has 2 unspecified atom stereocenters. The van der Waals surface area contributed by atoms with Crippen molar-refractivity contribution in [2.24, 2.45) is 5.73 Å². The van der Waals surface area contributed by atoms with Crippen LogP contribution < -0.4 is 15.2 Å². The quantitative estimate of drug-likeness (QED) is 0.922. The van der Waals surface area contributed by atoms with Crippen LogP contribution in [0.15, 0.2) is 18.2 Å². The van der Waals surface area contributed by atoms with Gasteiger partial charge in [-0.25, -0.2) is 0 Å². The standard InChI is InChI=1S/C16H24N2O3/c1-11-5-4-6-12(10-17)18(11)16(19)14-9-13(20-2)7-8-15(14)21-3/h7-9,11-12H,4-6,10,17H2,1-3H3. The van der Waals surface area contributed by atoms with Crippen LogP contribution in [-0.2, 0) is 0 Å². The second-order valence-corrected chi connectivity index (χ2v) is 5.45. The van der Waals surface area contributed by atoms with Crippen molar-refractivity contribution < 1.29 is 14.3 Å². The van der Waals surface area contributed by atoms with Crippen LogP contribution in [0.5, 0.6) is 11.5 Å². The lowest BCUT2D eigenvalue weighted by atomic mass is 9.95. The van der Waals surface area contributed by atoms with E-state index in [0.717, 1.165) is 19.3 Å². The number of carbonyl (C=O) groups is 1. The van der Waals surface area contributed by atoms with Crippen LogP contribution in [0.3, 0.4) is 0 Å². The van der Waals surface area contributed by atoms with Gasteiger partial charge >= 0.3 is 0 Å². The van der Waals surface area contributed by atoms with Crippen molar-refractivity contribution in [3.05, 3.63) is 23.8 Å². The Bertz CT molecular complexity index is 504. The lowest BCUT2D eigenvalue weighted by Gasteiger charge is -2.40. The fourth-order valence-electron chi connectivity index (χ4n) is 3.00. The summed E-state index contributed by atoms with van der Waals surface area (Å²) < 4.78 is 10.5. The van der Waals surface area contributed by atoms with Crippen molar-refractivity contribution in [2.75, 3.05) is 20.8 Å². The Morgan fingerprint density at radius 3 is 2.71 bits per heavy atom. The summed E-state index contributed by atoms with van der Waals surface area (Å²) in [7, 11) is 3.15. The number of piperidine rings is 1. The molecule has 1 heterocycles. The van der Waals surface area contributed by atoms with E-state index < -0.39 is 0 Å².